The Morgan fingerprint density at radius 1 is 1.12 bits per heavy atom. The van der Waals surface area contributed by atoms with E-state index in [9.17, 15) is 0 Å². The van der Waals surface area contributed by atoms with E-state index in [1.165, 1.54) is 0 Å². The smallest absolute Gasteiger partial charge is 0.146 e. The molecule has 0 aliphatic carbocycles. The number of aromatic nitrogens is 4. The van der Waals surface area contributed by atoms with Gasteiger partial charge in [0.1, 0.15) is 23.1 Å². The Morgan fingerprint density at radius 2 is 1.81 bits per heavy atom. The Labute approximate surface area is 99.3 Å². The van der Waals surface area contributed by atoms with Crippen molar-refractivity contribution in [2.45, 2.75) is 27.7 Å². The molecule has 0 atom stereocenters. The fourth-order valence-corrected chi connectivity index (χ4v) is 1.73. The van der Waals surface area contributed by atoms with Crippen molar-refractivity contribution in [2.24, 2.45) is 0 Å². The van der Waals surface area contributed by atoms with Crippen molar-refractivity contribution in [3.05, 3.63) is 34.3 Å². The first-order valence-corrected chi connectivity index (χ1v) is 5.40. The highest BCUT2D eigenvalue weighted by atomic mass is 35.5. The summed E-state index contributed by atoms with van der Waals surface area (Å²) in [7, 11) is 0. The van der Waals surface area contributed by atoms with Gasteiger partial charge in [0.15, 0.2) is 0 Å². The van der Waals surface area contributed by atoms with Gasteiger partial charge in [-0.1, -0.05) is 11.6 Å². The predicted octanol–water partition coefficient (Wildman–Crippen LogP) is 2.55. The van der Waals surface area contributed by atoms with Crippen molar-refractivity contribution in [3.63, 3.8) is 0 Å². The molecule has 2 heterocycles. The van der Waals surface area contributed by atoms with Crippen molar-refractivity contribution in [2.75, 3.05) is 0 Å². The van der Waals surface area contributed by atoms with Crippen molar-refractivity contribution >= 4 is 11.6 Å². The first kappa shape index (κ1) is 11.1. The minimum Gasteiger partial charge on any atom is -0.287 e. The van der Waals surface area contributed by atoms with Crippen LogP contribution in [-0.2, 0) is 0 Å². The summed E-state index contributed by atoms with van der Waals surface area (Å²) in [6, 6.07) is 0. The summed E-state index contributed by atoms with van der Waals surface area (Å²) >= 11 is 6.04. The molecule has 2 aromatic heterocycles. The Balaban J connectivity index is 2.69. The number of aryl methyl sites for hydroxylation is 2. The average molecular weight is 237 g/mol. The second-order valence-electron chi connectivity index (χ2n) is 3.80. The molecule has 0 saturated carbocycles. The van der Waals surface area contributed by atoms with Gasteiger partial charge in [0.05, 0.1) is 5.69 Å². The van der Waals surface area contributed by atoms with Crippen LogP contribution in [0.3, 0.4) is 0 Å². The van der Waals surface area contributed by atoms with E-state index in [1.54, 1.807) is 6.33 Å². The second-order valence-corrected chi connectivity index (χ2v) is 4.15. The fraction of sp³-hybridized carbons (Fsp3) is 0.364. The molecule has 84 valence electrons. The number of nitrogens with zero attached hydrogens (tertiary/aromatic N) is 4. The van der Waals surface area contributed by atoms with E-state index in [4.69, 9.17) is 11.6 Å². The van der Waals surface area contributed by atoms with Crippen molar-refractivity contribution < 1.29 is 0 Å². The van der Waals surface area contributed by atoms with Crippen molar-refractivity contribution in [1.82, 2.24) is 19.5 Å². The quantitative estimate of drug-likeness (QED) is 0.715. The van der Waals surface area contributed by atoms with E-state index in [0.717, 1.165) is 22.8 Å². The fourth-order valence-electron chi connectivity index (χ4n) is 1.53. The largest absolute Gasteiger partial charge is 0.287 e. The molecule has 0 bridgehead atoms. The highest BCUT2D eigenvalue weighted by Crippen LogP contribution is 2.20. The number of halogens is 1. The molecule has 0 N–H and O–H groups in total. The maximum absolute atomic E-state index is 6.04. The van der Waals surface area contributed by atoms with Crippen LogP contribution < -0.4 is 0 Å². The first-order chi connectivity index (χ1) is 7.50. The molecule has 0 spiro atoms. The van der Waals surface area contributed by atoms with E-state index < -0.39 is 0 Å². The Morgan fingerprint density at radius 3 is 2.38 bits per heavy atom. The summed E-state index contributed by atoms with van der Waals surface area (Å²) in [5.74, 6) is 1.46. The van der Waals surface area contributed by atoms with Crippen molar-refractivity contribution in [3.8, 4) is 5.82 Å². The number of imidazole rings is 1. The highest BCUT2D eigenvalue weighted by molar-refractivity contribution is 6.30. The molecule has 0 aliphatic heterocycles. The van der Waals surface area contributed by atoms with Gasteiger partial charge in [-0.25, -0.2) is 15.0 Å². The van der Waals surface area contributed by atoms with Crippen LogP contribution in [0.15, 0.2) is 6.33 Å². The monoisotopic (exact) mass is 236 g/mol. The van der Waals surface area contributed by atoms with Gasteiger partial charge in [0, 0.05) is 11.3 Å². The van der Waals surface area contributed by atoms with Gasteiger partial charge in [-0.05, 0) is 27.7 Å². The van der Waals surface area contributed by atoms with E-state index in [1.807, 2.05) is 32.3 Å². The van der Waals surface area contributed by atoms with E-state index in [0.29, 0.717) is 11.0 Å². The van der Waals surface area contributed by atoms with Gasteiger partial charge < -0.3 is 0 Å². The lowest BCUT2D eigenvalue weighted by Crippen LogP contribution is -2.05. The van der Waals surface area contributed by atoms with E-state index >= 15 is 0 Å². The van der Waals surface area contributed by atoms with Gasteiger partial charge in [0.2, 0.25) is 0 Å². The Kier molecular flexibility index (Phi) is 2.68. The third-order valence-electron chi connectivity index (χ3n) is 2.65. The lowest BCUT2D eigenvalue weighted by Gasteiger charge is -2.09. The normalized spacial score (nSPS) is 10.8. The minimum atomic E-state index is 0.494. The molecule has 0 saturated heterocycles. The minimum absolute atomic E-state index is 0.494. The summed E-state index contributed by atoms with van der Waals surface area (Å²) in [5.41, 5.74) is 2.93. The Bertz CT molecular complexity index is 545. The van der Waals surface area contributed by atoms with Crippen LogP contribution in [0.4, 0.5) is 0 Å². The van der Waals surface area contributed by atoms with Gasteiger partial charge >= 0.3 is 0 Å². The summed E-state index contributed by atoms with van der Waals surface area (Å²) in [5, 5.41) is 0.494. The van der Waals surface area contributed by atoms with Crippen LogP contribution in [-0.4, -0.2) is 19.5 Å². The number of rotatable bonds is 1. The lowest BCUT2D eigenvalue weighted by atomic mass is 10.3. The second kappa shape index (κ2) is 3.87. The average Bonchev–Trinajstić information content (AvgIpc) is 2.54. The molecule has 0 aliphatic rings. The molecular weight excluding hydrogens is 224 g/mol. The first-order valence-electron chi connectivity index (χ1n) is 5.02. The predicted molar refractivity (Wildman–Crippen MR) is 63.1 cm³/mol. The van der Waals surface area contributed by atoms with Crippen LogP contribution in [0.2, 0.25) is 5.15 Å². The van der Waals surface area contributed by atoms with Crippen molar-refractivity contribution in [1.29, 1.82) is 0 Å². The van der Waals surface area contributed by atoms with Crippen LogP contribution in [0.1, 0.15) is 22.8 Å². The molecule has 2 rings (SSSR count). The molecule has 2 aromatic rings. The maximum Gasteiger partial charge on any atom is 0.146 e. The third-order valence-corrected chi connectivity index (χ3v) is 3.02. The summed E-state index contributed by atoms with van der Waals surface area (Å²) in [6.07, 6.45) is 1.76. The van der Waals surface area contributed by atoms with Crippen LogP contribution in [0, 0.1) is 27.7 Å². The molecule has 16 heavy (non-hydrogen) atoms. The molecule has 0 fully saturated rings. The topological polar surface area (TPSA) is 43.6 Å². The highest BCUT2D eigenvalue weighted by Gasteiger charge is 2.12. The molecule has 0 aromatic carbocycles. The van der Waals surface area contributed by atoms with Gasteiger partial charge in [-0.15, -0.1) is 0 Å². The Hall–Kier alpha value is -1.42. The van der Waals surface area contributed by atoms with Crippen LogP contribution >= 0.6 is 11.6 Å². The molecular formula is C11H13ClN4. The zero-order valence-corrected chi connectivity index (χ0v) is 10.5. The molecule has 0 unspecified atom stereocenters. The van der Waals surface area contributed by atoms with Gasteiger partial charge in [0.25, 0.3) is 0 Å². The third kappa shape index (κ3) is 1.69. The number of hydrogen-bond acceptors (Lipinski definition) is 3. The summed E-state index contributed by atoms with van der Waals surface area (Å²) in [6.45, 7) is 7.71. The van der Waals surface area contributed by atoms with Crippen LogP contribution in [0.5, 0.6) is 0 Å². The SMILES string of the molecule is Cc1nc(Cl)c(C)c(-n2cnc(C)c2C)n1. The zero-order chi connectivity index (χ0) is 11.9. The van der Waals surface area contributed by atoms with E-state index in [-0.39, 0.29) is 0 Å². The van der Waals surface area contributed by atoms with Gasteiger partial charge in [-0.2, -0.15) is 0 Å². The van der Waals surface area contributed by atoms with Crippen LogP contribution in [0.25, 0.3) is 5.82 Å². The lowest BCUT2D eigenvalue weighted by molar-refractivity contribution is 0.894. The zero-order valence-electron chi connectivity index (χ0n) is 9.74. The maximum atomic E-state index is 6.04. The molecule has 0 radical (unpaired) electrons. The summed E-state index contributed by atoms with van der Waals surface area (Å²) < 4.78 is 1.94. The molecule has 5 heteroatoms. The number of hydrogen-bond donors (Lipinski definition) is 0. The van der Waals surface area contributed by atoms with E-state index in [2.05, 4.69) is 15.0 Å². The molecule has 4 nitrogen and oxygen atoms in total. The summed E-state index contributed by atoms with van der Waals surface area (Å²) in [4.78, 5) is 12.8. The van der Waals surface area contributed by atoms with Gasteiger partial charge in [-0.3, -0.25) is 4.57 Å². The molecule has 0 amide bonds. The standard InChI is InChI=1S/C11H13ClN4/c1-6-10(12)14-9(4)15-11(6)16-5-13-7(2)8(16)3/h5H,1-4H3.